The Bertz CT molecular complexity index is 2200. The average molecular weight is 709 g/mol. The van der Waals surface area contributed by atoms with Crippen molar-refractivity contribution in [3.63, 3.8) is 0 Å². The van der Waals surface area contributed by atoms with Crippen LogP contribution in [0, 0.1) is 11.6 Å². The number of aliphatic imine (C=N–C) groups is 1. The number of benzene rings is 3. The van der Waals surface area contributed by atoms with Crippen LogP contribution in [0.2, 0.25) is 0 Å². The van der Waals surface area contributed by atoms with E-state index in [2.05, 4.69) is 31.0 Å². The maximum atomic E-state index is 14.6. The Morgan fingerprint density at radius 3 is 2.56 bits per heavy atom. The van der Waals surface area contributed by atoms with Crippen LogP contribution in [-0.4, -0.2) is 87.1 Å². The van der Waals surface area contributed by atoms with Crippen molar-refractivity contribution in [2.24, 2.45) is 4.99 Å². The first kappa shape index (κ1) is 33.0. The molecular weight excluding hydrogens is 678 g/mol. The molecule has 14 nitrogen and oxygen atoms in total. The molecule has 8 rings (SSSR count). The van der Waals surface area contributed by atoms with Crippen molar-refractivity contribution in [1.29, 1.82) is 0 Å². The molecule has 5 heterocycles. The number of piperidine rings is 1. The standard InChI is InChI=1S/C36H30F2N8O6/c37-19-6-4-18(5-7-19)31-30(32-28-22(26(47)16-40-32)14-20(38)15-24(28)43-31)33-41-17-42-45(33)11-13-52-12-10-39-23-3-1-2-21-29(23)36(51)46(35(21)50)25-8-9-27(48)44-34(25)49/h1-7,14-15,17,25,30-31,39,43H,8-13,16H2,(H,44,48,49)/t25?,30-,31-/m1/s1. The first-order valence-corrected chi connectivity index (χ1v) is 16.7. The molecule has 264 valence electrons. The smallest absolute Gasteiger partial charge is 0.264 e. The SMILES string of the molecule is O=C1CCC(N2C(=O)c3cccc(NCCOCCn4ncnc4[C@H]4C5=NCC(=O)c6cc(F)cc(c65)N[C@@H]4c4ccc(F)cc4)c3C2=O)C(=O)N1. The van der Waals surface area contributed by atoms with Gasteiger partial charge in [-0.25, -0.2) is 18.4 Å². The number of anilines is 2. The van der Waals surface area contributed by atoms with Crippen LogP contribution in [0.25, 0.3) is 0 Å². The van der Waals surface area contributed by atoms with Gasteiger partial charge in [-0.15, -0.1) is 0 Å². The fraction of sp³-hybridized carbons (Fsp3) is 0.278. The van der Waals surface area contributed by atoms with E-state index in [4.69, 9.17) is 4.74 Å². The summed E-state index contributed by atoms with van der Waals surface area (Å²) in [5.41, 5.74) is 3.14. The molecule has 4 aliphatic rings. The summed E-state index contributed by atoms with van der Waals surface area (Å²) in [6, 6.07) is 11.7. The molecular formula is C36H30F2N8O6. The Morgan fingerprint density at radius 1 is 0.923 bits per heavy atom. The number of ether oxygens (including phenoxy) is 1. The average Bonchev–Trinajstić information content (AvgIpc) is 3.69. The van der Waals surface area contributed by atoms with Crippen LogP contribution in [0.1, 0.15) is 72.8 Å². The van der Waals surface area contributed by atoms with Crippen molar-refractivity contribution in [2.45, 2.75) is 37.4 Å². The second-order valence-electron chi connectivity index (χ2n) is 12.7. The molecule has 1 saturated heterocycles. The lowest BCUT2D eigenvalue weighted by molar-refractivity contribution is -0.136. The first-order valence-electron chi connectivity index (χ1n) is 16.7. The molecule has 0 aliphatic carbocycles. The lowest BCUT2D eigenvalue weighted by Crippen LogP contribution is -2.54. The van der Waals surface area contributed by atoms with E-state index in [-0.39, 0.29) is 68.2 Å². The largest absolute Gasteiger partial charge is 0.382 e. The Labute approximate surface area is 294 Å². The van der Waals surface area contributed by atoms with Gasteiger partial charge in [0.1, 0.15) is 36.4 Å². The van der Waals surface area contributed by atoms with Crippen molar-refractivity contribution in [3.05, 3.63) is 106 Å². The summed E-state index contributed by atoms with van der Waals surface area (Å²) in [7, 11) is 0. The van der Waals surface area contributed by atoms with Crippen LogP contribution in [0.4, 0.5) is 20.2 Å². The fourth-order valence-electron chi connectivity index (χ4n) is 7.28. The minimum absolute atomic E-state index is 0.0284. The van der Waals surface area contributed by atoms with Crippen molar-refractivity contribution < 1.29 is 37.5 Å². The van der Waals surface area contributed by atoms with Crippen molar-refractivity contribution >= 4 is 46.5 Å². The molecule has 1 aromatic heterocycles. The lowest BCUT2D eigenvalue weighted by atomic mass is 9.78. The molecule has 52 heavy (non-hydrogen) atoms. The minimum Gasteiger partial charge on any atom is -0.382 e. The van der Waals surface area contributed by atoms with Gasteiger partial charge in [0.25, 0.3) is 11.8 Å². The molecule has 16 heteroatoms. The van der Waals surface area contributed by atoms with Gasteiger partial charge in [0.2, 0.25) is 11.8 Å². The number of ketones is 1. The molecule has 1 fully saturated rings. The van der Waals surface area contributed by atoms with Gasteiger partial charge >= 0.3 is 0 Å². The Balaban J connectivity index is 0.951. The van der Waals surface area contributed by atoms with Gasteiger partial charge < -0.3 is 15.4 Å². The number of nitrogens with one attached hydrogen (secondary N) is 3. The van der Waals surface area contributed by atoms with E-state index in [0.717, 1.165) is 4.90 Å². The predicted molar refractivity (Wildman–Crippen MR) is 180 cm³/mol. The van der Waals surface area contributed by atoms with E-state index in [1.165, 1.54) is 36.7 Å². The number of halogens is 2. The van der Waals surface area contributed by atoms with E-state index in [1.54, 1.807) is 28.9 Å². The number of nitrogens with zero attached hydrogens (tertiary/aromatic N) is 5. The lowest BCUT2D eigenvalue weighted by Gasteiger charge is -2.38. The summed E-state index contributed by atoms with van der Waals surface area (Å²) < 4.78 is 36.1. The highest BCUT2D eigenvalue weighted by Crippen LogP contribution is 2.45. The summed E-state index contributed by atoms with van der Waals surface area (Å²) in [6.07, 6.45) is 1.49. The summed E-state index contributed by atoms with van der Waals surface area (Å²) in [5.74, 6) is -3.65. The van der Waals surface area contributed by atoms with Crippen LogP contribution in [0.3, 0.4) is 0 Å². The molecule has 3 atom stereocenters. The third-order valence-electron chi connectivity index (χ3n) is 9.62. The zero-order chi connectivity index (χ0) is 36.1. The van der Waals surface area contributed by atoms with Gasteiger partial charge in [0, 0.05) is 35.5 Å². The van der Waals surface area contributed by atoms with Crippen LogP contribution in [0.15, 0.2) is 65.9 Å². The van der Waals surface area contributed by atoms with E-state index >= 15 is 0 Å². The Kier molecular flexibility index (Phi) is 8.37. The van der Waals surface area contributed by atoms with Gasteiger partial charge in [0.05, 0.1) is 48.6 Å². The number of aromatic nitrogens is 3. The maximum Gasteiger partial charge on any atom is 0.264 e. The molecule has 0 radical (unpaired) electrons. The zero-order valence-corrected chi connectivity index (χ0v) is 27.4. The monoisotopic (exact) mass is 708 g/mol. The summed E-state index contributed by atoms with van der Waals surface area (Å²) in [4.78, 5) is 73.4. The van der Waals surface area contributed by atoms with Crippen molar-refractivity contribution in [3.8, 4) is 0 Å². The van der Waals surface area contributed by atoms with E-state index < -0.39 is 53.3 Å². The van der Waals surface area contributed by atoms with Crippen LogP contribution in [-0.2, 0) is 20.9 Å². The van der Waals surface area contributed by atoms with Crippen molar-refractivity contribution in [1.82, 2.24) is 25.0 Å². The number of carbonyl (C=O) groups is 5. The number of fused-ring (bicyclic) bond motifs is 1. The summed E-state index contributed by atoms with van der Waals surface area (Å²) >= 11 is 0. The zero-order valence-electron chi connectivity index (χ0n) is 27.4. The predicted octanol–water partition coefficient (Wildman–Crippen LogP) is 3.02. The summed E-state index contributed by atoms with van der Waals surface area (Å²) in [5, 5.41) is 13.1. The first-order chi connectivity index (χ1) is 25.2. The number of hydrogen-bond donors (Lipinski definition) is 3. The molecule has 4 aromatic rings. The number of rotatable bonds is 10. The Hall–Kier alpha value is -6.16. The van der Waals surface area contributed by atoms with E-state index in [1.807, 2.05) is 0 Å². The number of amides is 4. The molecule has 3 N–H and O–H groups in total. The topological polar surface area (TPSA) is 177 Å². The highest BCUT2D eigenvalue weighted by Gasteiger charge is 2.46. The number of carbonyl (C=O) groups excluding carboxylic acids is 5. The molecule has 4 aliphatic heterocycles. The molecule has 1 unspecified atom stereocenters. The van der Waals surface area contributed by atoms with Gasteiger partial charge in [0.15, 0.2) is 5.78 Å². The highest BCUT2D eigenvalue weighted by molar-refractivity contribution is 6.25. The molecule has 3 aromatic carbocycles. The third-order valence-corrected chi connectivity index (χ3v) is 9.62. The normalized spacial score (nSPS) is 20.7. The fourth-order valence-corrected chi connectivity index (χ4v) is 7.28. The molecule has 0 bridgehead atoms. The molecule has 0 spiro atoms. The minimum atomic E-state index is -1.06. The molecule has 0 saturated carbocycles. The van der Waals surface area contributed by atoms with Crippen LogP contribution >= 0.6 is 0 Å². The van der Waals surface area contributed by atoms with Gasteiger partial charge in [-0.2, -0.15) is 5.10 Å². The second kappa shape index (κ2) is 13.2. The number of imide groups is 2. The van der Waals surface area contributed by atoms with Gasteiger partial charge in [-0.3, -0.25) is 39.2 Å². The molecule has 4 amide bonds. The second-order valence-corrected chi connectivity index (χ2v) is 12.7. The van der Waals surface area contributed by atoms with Crippen LogP contribution in [0.5, 0.6) is 0 Å². The highest BCUT2D eigenvalue weighted by atomic mass is 19.1. The van der Waals surface area contributed by atoms with Gasteiger partial charge in [-0.1, -0.05) is 18.2 Å². The number of hydrogen-bond acceptors (Lipinski definition) is 11. The third kappa shape index (κ3) is 5.70. The quantitative estimate of drug-likeness (QED) is 0.164. The van der Waals surface area contributed by atoms with E-state index in [9.17, 15) is 32.8 Å². The maximum absolute atomic E-state index is 14.6. The van der Waals surface area contributed by atoms with E-state index in [0.29, 0.717) is 34.0 Å². The van der Waals surface area contributed by atoms with Crippen LogP contribution < -0.4 is 16.0 Å². The van der Waals surface area contributed by atoms with Gasteiger partial charge in [-0.05, 0) is 48.4 Å². The summed E-state index contributed by atoms with van der Waals surface area (Å²) in [6.45, 7) is 0.839. The van der Waals surface area contributed by atoms with Crippen molar-refractivity contribution in [2.75, 3.05) is 36.9 Å². The number of Topliss-reactive ketones (excluding diaryl/α,β-unsaturated/α-hetero) is 1. The Morgan fingerprint density at radius 2 is 1.75 bits per heavy atom.